The van der Waals surface area contributed by atoms with Gasteiger partial charge in [0.15, 0.2) is 5.16 Å². The molecule has 10 heteroatoms. The molecule has 0 saturated carbocycles. The van der Waals surface area contributed by atoms with Gasteiger partial charge in [0, 0.05) is 55.4 Å². The van der Waals surface area contributed by atoms with Gasteiger partial charge in [-0.05, 0) is 23.8 Å². The predicted molar refractivity (Wildman–Crippen MR) is 120 cm³/mol. The number of anilines is 1. The highest BCUT2D eigenvalue weighted by Crippen LogP contribution is 2.21. The lowest BCUT2D eigenvalue weighted by Gasteiger charge is -2.34. The first-order chi connectivity index (χ1) is 15.1. The molecule has 1 fully saturated rings. The SMILES string of the molecule is O=C(Cc1cc(=O)[nH]c(SCc2cccc(Cl)c2)n1)N1CCN(c2ncccn2)CC1. The quantitative estimate of drug-likeness (QED) is 0.449. The predicted octanol–water partition coefficient (Wildman–Crippen LogP) is 2.40. The molecule has 8 nitrogen and oxygen atoms in total. The summed E-state index contributed by atoms with van der Waals surface area (Å²) >= 11 is 7.42. The molecule has 1 saturated heterocycles. The van der Waals surface area contributed by atoms with Crippen molar-refractivity contribution in [2.24, 2.45) is 0 Å². The number of hydrogen-bond acceptors (Lipinski definition) is 7. The lowest BCUT2D eigenvalue weighted by molar-refractivity contribution is -0.130. The van der Waals surface area contributed by atoms with Crippen molar-refractivity contribution < 1.29 is 4.79 Å². The summed E-state index contributed by atoms with van der Waals surface area (Å²) in [5.41, 5.74) is 1.23. The molecule has 31 heavy (non-hydrogen) atoms. The first-order valence-corrected chi connectivity index (χ1v) is 11.2. The molecule has 1 amide bonds. The minimum atomic E-state index is -0.266. The van der Waals surface area contributed by atoms with Gasteiger partial charge in [0.25, 0.3) is 5.56 Å². The third kappa shape index (κ3) is 5.83. The molecular weight excluding hydrogens is 436 g/mol. The molecule has 1 aliphatic rings. The van der Waals surface area contributed by atoms with Gasteiger partial charge in [0.2, 0.25) is 11.9 Å². The molecule has 0 atom stereocenters. The monoisotopic (exact) mass is 456 g/mol. The molecule has 1 aliphatic heterocycles. The lowest BCUT2D eigenvalue weighted by Crippen LogP contribution is -2.49. The van der Waals surface area contributed by atoms with E-state index >= 15 is 0 Å². The third-order valence-electron chi connectivity index (χ3n) is 4.84. The van der Waals surface area contributed by atoms with E-state index in [1.54, 1.807) is 23.4 Å². The second kappa shape index (κ2) is 9.93. The van der Waals surface area contributed by atoms with Crippen LogP contribution in [0.2, 0.25) is 5.02 Å². The fourth-order valence-corrected chi connectivity index (χ4v) is 4.35. The number of nitrogens with zero attached hydrogens (tertiary/aromatic N) is 5. The van der Waals surface area contributed by atoms with Gasteiger partial charge >= 0.3 is 0 Å². The van der Waals surface area contributed by atoms with Crippen LogP contribution in [0.25, 0.3) is 0 Å². The molecule has 1 aromatic carbocycles. The van der Waals surface area contributed by atoms with E-state index in [-0.39, 0.29) is 17.9 Å². The smallest absolute Gasteiger partial charge is 0.251 e. The molecule has 0 aliphatic carbocycles. The van der Waals surface area contributed by atoms with E-state index in [9.17, 15) is 9.59 Å². The van der Waals surface area contributed by atoms with Gasteiger partial charge < -0.3 is 14.8 Å². The molecule has 0 spiro atoms. The maximum absolute atomic E-state index is 12.8. The number of carbonyl (C=O) groups excluding carboxylic acids is 1. The fourth-order valence-electron chi connectivity index (χ4n) is 3.30. The number of halogens is 1. The van der Waals surface area contributed by atoms with E-state index in [4.69, 9.17) is 11.6 Å². The highest BCUT2D eigenvalue weighted by molar-refractivity contribution is 7.98. The van der Waals surface area contributed by atoms with E-state index in [0.29, 0.717) is 53.8 Å². The van der Waals surface area contributed by atoms with Crippen LogP contribution in [0, 0.1) is 0 Å². The zero-order chi connectivity index (χ0) is 21.6. The largest absolute Gasteiger partial charge is 0.339 e. The minimum absolute atomic E-state index is 0.0440. The first kappa shape index (κ1) is 21.3. The minimum Gasteiger partial charge on any atom is -0.339 e. The Morgan fingerprint density at radius 1 is 1.10 bits per heavy atom. The Morgan fingerprint density at radius 2 is 1.87 bits per heavy atom. The second-order valence-electron chi connectivity index (χ2n) is 7.05. The Hall–Kier alpha value is -2.91. The number of hydrogen-bond donors (Lipinski definition) is 1. The lowest BCUT2D eigenvalue weighted by atomic mass is 10.2. The zero-order valence-corrected chi connectivity index (χ0v) is 18.3. The number of aromatic amines is 1. The normalized spacial score (nSPS) is 14.0. The zero-order valence-electron chi connectivity index (χ0n) is 16.7. The van der Waals surface area contributed by atoms with Gasteiger partial charge in [-0.1, -0.05) is 35.5 Å². The van der Waals surface area contributed by atoms with E-state index < -0.39 is 0 Å². The van der Waals surface area contributed by atoms with E-state index in [1.807, 2.05) is 24.3 Å². The number of piperazine rings is 1. The van der Waals surface area contributed by atoms with Gasteiger partial charge in [-0.3, -0.25) is 9.59 Å². The third-order valence-corrected chi connectivity index (χ3v) is 6.02. The van der Waals surface area contributed by atoms with Crippen LogP contribution in [0.1, 0.15) is 11.3 Å². The summed E-state index contributed by atoms with van der Waals surface area (Å²) in [7, 11) is 0. The van der Waals surface area contributed by atoms with Crippen LogP contribution in [-0.2, 0) is 17.0 Å². The van der Waals surface area contributed by atoms with E-state index in [0.717, 1.165) is 5.56 Å². The highest BCUT2D eigenvalue weighted by atomic mass is 35.5. The molecule has 2 aromatic heterocycles. The molecule has 4 rings (SSSR count). The number of amides is 1. The maximum atomic E-state index is 12.8. The van der Waals surface area contributed by atoms with Crippen LogP contribution in [0.15, 0.2) is 58.7 Å². The maximum Gasteiger partial charge on any atom is 0.251 e. The molecular formula is C21H21ClN6O2S. The molecule has 0 unspecified atom stereocenters. The molecule has 0 radical (unpaired) electrons. The Bertz CT molecular complexity index is 1100. The Labute approximate surface area is 188 Å². The number of aromatic nitrogens is 4. The average Bonchev–Trinajstić information content (AvgIpc) is 2.78. The summed E-state index contributed by atoms with van der Waals surface area (Å²) < 4.78 is 0. The molecule has 3 aromatic rings. The van der Waals surface area contributed by atoms with Gasteiger partial charge in [-0.2, -0.15) is 0 Å². The Morgan fingerprint density at radius 3 is 2.61 bits per heavy atom. The van der Waals surface area contributed by atoms with Crippen LogP contribution < -0.4 is 10.5 Å². The Balaban J connectivity index is 1.34. The van der Waals surface area contributed by atoms with E-state index in [1.165, 1.54) is 17.8 Å². The summed E-state index contributed by atoms with van der Waals surface area (Å²) in [6, 6.07) is 10.7. The number of rotatable bonds is 6. The van der Waals surface area contributed by atoms with Crippen molar-refractivity contribution in [3.63, 3.8) is 0 Å². The number of nitrogens with one attached hydrogen (secondary N) is 1. The van der Waals surface area contributed by atoms with Crippen molar-refractivity contribution in [3.05, 3.63) is 75.4 Å². The van der Waals surface area contributed by atoms with Crippen LogP contribution in [-0.4, -0.2) is 56.9 Å². The number of thioether (sulfide) groups is 1. The fraction of sp³-hybridized carbons (Fsp3) is 0.286. The van der Waals surface area contributed by atoms with Crippen molar-refractivity contribution in [1.29, 1.82) is 0 Å². The standard InChI is InChI=1S/C21H21ClN6O2S/c22-16-4-1-3-15(11-16)14-31-21-25-17(12-18(29)26-21)13-19(30)27-7-9-28(10-8-27)20-23-5-2-6-24-20/h1-6,11-12H,7-10,13-14H2,(H,25,26,29). The molecule has 0 bridgehead atoms. The Kier molecular flexibility index (Phi) is 6.83. The first-order valence-electron chi connectivity index (χ1n) is 9.84. The van der Waals surface area contributed by atoms with Gasteiger partial charge in [0.05, 0.1) is 12.1 Å². The molecule has 160 valence electrons. The van der Waals surface area contributed by atoms with Crippen molar-refractivity contribution >= 4 is 35.2 Å². The summed E-state index contributed by atoms with van der Waals surface area (Å²) in [5.74, 6) is 1.24. The van der Waals surface area contributed by atoms with Crippen LogP contribution in [0.5, 0.6) is 0 Å². The van der Waals surface area contributed by atoms with Gasteiger partial charge in [0.1, 0.15) is 0 Å². The summed E-state index contributed by atoms with van der Waals surface area (Å²) in [4.78, 5) is 44.4. The van der Waals surface area contributed by atoms with Crippen molar-refractivity contribution in [1.82, 2.24) is 24.8 Å². The van der Waals surface area contributed by atoms with Crippen molar-refractivity contribution in [2.75, 3.05) is 31.1 Å². The van der Waals surface area contributed by atoms with Crippen LogP contribution in [0.4, 0.5) is 5.95 Å². The van der Waals surface area contributed by atoms with Gasteiger partial charge in [-0.15, -0.1) is 0 Å². The van der Waals surface area contributed by atoms with Crippen LogP contribution in [0.3, 0.4) is 0 Å². The number of H-pyrrole nitrogens is 1. The van der Waals surface area contributed by atoms with Crippen molar-refractivity contribution in [3.8, 4) is 0 Å². The van der Waals surface area contributed by atoms with Crippen LogP contribution >= 0.6 is 23.4 Å². The molecule has 3 heterocycles. The highest BCUT2D eigenvalue weighted by Gasteiger charge is 2.23. The van der Waals surface area contributed by atoms with Crippen molar-refractivity contribution in [2.45, 2.75) is 17.3 Å². The number of carbonyl (C=O) groups is 1. The number of benzene rings is 1. The van der Waals surface area contributed by atoms with Gasteiger partial charge in [-0.25, -0.2) is 15.0 Å². The molecule has 1 N–H and O–H groups in total. The summed E-state index contributed by atoms with van der Waals surface area (Å²) in [6.07, 6.45) is 3.51. The average molecular weight is 457 g/mol. The summed E-state index contributed by atoms with van der Waals surface area (Å²) in [6.45, 7) is 2.49. The van der Waals surface area contributed by atoms with E-state index in [2.05, 4.69) is 24.8 Å². The summed E-state index contributed by atoms with van der Waals surface area (Å²) in [5, 5.41) is 1.15. The second-order valence-corrected chi connectivity index (χ2v) is 8.45. The topological polar surface area (TPSA) is 95.1 Å².